The third-order valence-electron chi connectivity index (χ3n) is 3.51. The van der Waals surface area contributed by atoms with Gasteiger partial charge in [-0.3, -0.25) is 0 Å². The highest BCUT2D eigenvalue weighted by molar-refractivity contribution is 7.98. The summed E-state index contributed by atoms with van der Waals surface area (Å²) in [4.78, 5) is 9.07. The minimum atomic E-state index is 0.666. The number of anilines is 2. The van der Waals surface area contributed by atoms with Gasteiger partial charge in [0.05, 0.1) is 12.8 Å². The number of nitrogens with zero attached hydrogens (tertiary/aromatic N) is 2. The van der Waals surface area contributed by atoms with Gasteiger partial charge in [-0.2, -0.15) is 0 Å². The molecule has 5 nitrogen and oxygen atoms in total. The Morgan fingerprint density at radius 3 is 2.76 bits per heavy atom. The van der Waals surface area contributed by atoms with Crippen LogP contribution in [-0.2, 0) is 5.75 Å². The van der Waals surface area contributed by atoms with E-state index in [1.807, 2.05) is 53.9 Å². The molecule has 4 aromatic rings. The maximum absolute atomic E-state index is 5.71. The van der Waals surface area contributed by atoms with E-state index in [1.54, 1.807) is 30.2 Å². The lowest BCUT2D eigenvalue weighted by molar-refractivity contribution is 0.415. The van der Waals surface area contributed by atoms with Gasteiger partial charge in [-0.15, -0.1) is 11.3 Å². The first-order valence-electron chi connectivity index (χ1n) is 7.64. The van der Waals surface area contributed by atoms with Crippen LogP contribution in [0.4, 0.5) is 10.8 Å². The summed E-state index contributed by atoms with van der Waals surface area (Å²) in [5.41, 5.74) is 3.66. The standard InChI is InChI=1S/C18H15N3O2S2/c1-22-14-8-6-12(7-9-14)19-17-20-13(10-24-17)11-25-18-21-15-4-2-3-5-16(15)23-18/h2-10H,11H2,1H3,(H,19,20). The maximum Gasteiger partial charge on any atom is 0.257 e. The summed E-state index contributed by atoms with van der Waals surface area (Å²) >= 11 is 3.12. The van der Waals surface area contributed by atoms with Crippen molar-refractivity contribution in [3.05, 3.63) is 59.6 Å². The molecule has 1 N–H and O–H groups in total. The first-order chi connectivity index (χ1) is 12.3. The topological polar surface area (TPSA) is 60.2 Å². The number of thiazole rings is 1. The van der Waals surface area contributed by atoms with Crippen molar-refractivity contribution in [3.63, 3.8) is 0 Å². The van der Waals surface area contributed by atoms with E-state index in [0.29, 0.717) is 11.0 Å². The quantitative estimate of drug-likeness (QED) is 0.464. The number of hydrogen-bond donors (Lipinski definition) is 1. The maximum atomic E-state index is 5.71. The molecule has 0 saturated heterocycles. The van der Waals surface area contributed by atoms with Gasteiger partial charge in [-0.05, 0) is 36.4 Å². The van der Waals surface area contributed by atoms with E-state index >= 15 is 0 Å². The molecule has 7 heteroatoms. The lowest BCUT2D eigenvalue weighted by Gasteiger charge is -2.03. The van der Waals surface area contributed by atoms with Crippen LogP contribution in [0.3, 0.4) is 0 Å². The average molecular weight is 369 g/mol. The first kappa shape index (κ1) is 16.0. The normalized spacial score (nSPS) is 10.9. The van der Waals surface area contributed by atoms with Gasteiger partial charge in [0.2, 0.25) is 0 Å². The van der Waals surface area contributed by atoms with Gasteiger partial charge in [0, 0.05) is 16.8 Å². The number of para-hydroxylation sites is 2. The minimum absolute atomic E-state index is 0.666. The molecule has 2 aromatic carbocycles. The third kappa shape index (κ3) is 3.78. The fourth-order valence-corrected chi connectivity index (χ4v) is 3.84. The van der Waals surface area contributed by atoms with Crippen LogP contribution < -0.4 is 10.1 Å². The predicted octanol–water partition coefficient (Wildman–Crippen LogP) is 5.33. The Hall–Kier alpha value is -2.51. The second kappa shape index (κ2) is 7.16. The Kier molecular flexibility index (Phi) is 4.58. The number of oxazole rings is 1. The van der Waals surface area contributed by atoms with Gasteiger partial charge >= 0.3 is 0 Å². The molecule has 0 unspecified atom stereocenters. The second-order valence-corrected chi connectivity index (χ2v) is 7.02. The molecule has 0 amide bonds. The van der Waals surface area contributed by atoms with Crippen molar-refractivity contribution in [2.45, 2.75) is 11.0 Å². The number of nitrogens with one attached hydrogen (secondary N) is 1. The van der Waals surface area contributed by atoms with Crippen molar-refractivity contribution in [3.8, 4) is 5.75 Å². The smallest absolute Gasteiger partial charge is 0.257 e. The summed E-state index contributed by atoms with van der Waals surface area (Å²) in [7, 11) is 1.66. The molecule has 0 spiro atoms. The van der Waals surface area contributed by atoms with Crippen molar-refractivity contribution in [1.82, 2.24) is 9.97 Å². The van der Waals surface area contributed by atoms with E-state index in [-0.39, 0.29) is 0 Å². The Balaban J connectivity index is 1.38. The SMILES string of the molecule is COc1ccc(Nc2nc(CSc3nc4ccccc4o3)cs2)cc1. The van der Waals surface area contributed by atoms with Crippen LogP contribution in [0.5, 0.6) is 5.75 Å². The number of rotatable bonds is 6. The van der Waals surface area contributed by atoms with Gasteiger partial charge < -0.3 is 14.5 Å². The zero-order valence-corrected chi connectivity index (χ0v) is 15.1. The minimum Gasteiger partial charge on any atom is -0.497 e. The molecule has 0 fully saturated rings. The van der Waals surface area contributed by atoms with E-state index < -0.39 is 0 Å². The number of aromatic nitrogens is 2. The number of hydrogen-bond acceptors (Lipinski definition) is 7. The summed E-state index contributed by atoms with van der Waals surface area (Å²) in [5, 5.41) is 6.87. The van der Waals surface area contributed by atoms with Crippen molar-refractivity contribution in [2.24, 2.45) is 0 Å². The number of thioether (sulfide) groups is 1. The second-order valence-electron chi connectivity index (χ2n) is 5.23. The highest BCUT2D eigenvalue weighted by atomic mass is 32.2. The zero-order valence-electron chi connectivity index (χ0n) is 13.4. The van der Waals surface area contributed by atoms with Gasteiger partial charge in [0.1, 0.15) is 11.3 Å². The number of benzene rings is 2. The molecular weight excluding hydrogens is 354 g/mol. The molecule has 2 aromatic heterocycles. The van der Waals surface area contributed by atoms with Crippen LogP contribution in [0.2, 0.25) is 0 Å². The van der Waals surface area contributed by atoms with Crippen LogP contribution >= 0.6 is 23.1 Å². The molecule has 2 heterocycles. The van der Waals surface area contributed by atoms with E-state index in [4.69, 9.17) is 9.15 Å². The molecule has 126 valence electrons. The van der Waals surface area contributed by atoms with Gasteiger partial charge in [0.25, 0.3) is 5.22 Å². The Labute approximate surface area is 153 Å². The number of ether oxygens (including phenoxy) is 1. The molecule has 0 bridgehead atoms. The summed E-state index contributed by atoms with van der Waals surface area (Å²) in [6.07, 6.45) is 0. The molecule has 0 saturated carbocycles. The third-order valence-corrected chi connectivity index (χ3v) is 5.18. The highest BCUT2D eigenvalue weighted by Gasteiger charge is 2.08. The fraction of sp³-hybridized carbons (Fsp3) is 0.111. The van der Waals surface area contributed by atoms with Crippen LogP contribution in [0.25, 0.3) is 11.1 Å². The van der Waals surface area contributed by atoms with E-state index in [9.17, 15) is 0 Å². The highest BCUT2D eigenvalue weighted by Crippen LogP contribution is 2.28. The molecule has 0 aliphatic heterocycles. The van der Waals surface area contributed by atoms with Crippen molar-refractivity contribution >= 4 is 45.0 Å². The van der Waals surface area contributed by atoms with Gasteiger partial charge in [-0.25, -0.2) is 9.97 Å². The summed E-state index contributed by atoms with van der Waals surface area (Å²) in [6.45, 7) is 0. The Bertz CT molecular complexity index is 946. The molecule has 0 aliphatic rings. The molecular formula is C18H15N3O2S2. The lowest BCUT2D eigenvalue weighted by atomic mass is 10.3. The molecule has 25 heavy (non-hydrogen) atoms. The molecule has 0 atom stereocenters. The predicted molar refractivity (Wildman–Crippen MR) is 102 cm³/mol. The van der Waals surface area contributed by atoms with Gasteiger partial charge in [0.15, 0.2) is 10.7 Å². The van der Waals surface area contributed by atoms with E-state index in [0.717, 1.165) is 33.4 Å². The first-order valence-corrected chi connectivity index (χ1v) is 9.50. The lowest BCUT2D eigenvalue weighted by Crippen LogP contribution is -1.90. The molecule has 0 aliphatic carbocycles. The van der Waals surface area contributed by atoms with Crippen LogP contribution in [-0.4, -0.2) is 17.1 Å². The monoisotopic (exact) mass is 369 g/mol. The number of fused-ring (bicyclic) bond motifs is 1. The molecule has 4 rings (SSSR count). The molecule has 0 radical (unpaired) electrons. The summed E-state index contributed by atoms with van der Waals surface area (Å²) < 4.78 is 10.9. The van der Waals surface area contributed by atoms with Crippen molar-refractivity contribution in [1.29, 1.82) is 0 Å². The van der Waals surface area contributed by atoms with Crippen molar-refractivity contribution in [2.75, 3.05) is 12.4 Å². The summed E-state index contributed by atoms with van der Waals surface area (Å²) in [6, 6.07) is 15.5. The largest absolute Gasteiger partial charge is 0.497 e. The number of methoxy groups -OCH3 is 1. The van der Waals surface area contributed by atoms with Gasteiger partial charge in [-0.1, -0.05) is 23.9 Å². The van der Waals surface area contributed by atoms with Crippen LogP contribution in [0.15, 0.2) is 63.6 Å². The fourth-order valence-electron chi connectivity index (χ4n) is 2.28. The van der Waals surface area contributed by atoms with E-state index in [1.165, 1.54) is 0 Å². The van der Waals surface area contributed by atoms with Crippen LogP contribution in [0.1, 0.15) is 5.69 Å². The average Bonchev–Trinajstić information content (AvgIpc) is 3.26. The Morgan fingerprint density at radius 2 is 1.96 bits per heavy atom. The Morgan fingerprint density at radius 1 is 1.12 bits per heavy atom. The summed E-state index contributed by atoms with van der Waals surface area (Å²) in [5.74, 6) is 1.55. The van der Waals surface area contributed by atoms with Crippen molar-refractivity contribution < 1.29 is 9.15 Å². The van der Waals surface area contributed by atoms with E-state index in [2.05, 4.69) is 15.3 Å². The van der Waals surface area contributed by atoms with Crippen LogP contribution in [0, 0.1) is 0 Å². The zero-order chi connectivity index (χ0) is 17.1.